The molecule has 0 aliphatic carbocycles. The van der Waals surface area contributed by atoms with Gasteiger partial charge in [-0.05, 0) is 36.2 Å². The largest absolute Gasteiger partial charge is 0.355 e. The van der Waals surface area contributed by atoms with E-state index in [0.717, 1.165) is 11.1 Å². The van der Waals surface area contributed by atoms with Crippen LogP contribution in [0.1, 0.15) is 11.1 Å². The average molecular weight is 367 g/mol. The summed E-state index contributed by atoms with van der Waals surface area (Å²) in [5.41, 5.74) is 2.00. The molecule has 1 amide bonds. The van der Waals surface area contributed by atoms with E-state index < -0.39 is 10.0 Å². The fourth-order valence-electron chi connectivity index (χ4n) is 2.15. The van der Waals surface area contributed by atoms with E-state index in [1.54, 1.807) is 12.1 Å². The Bertz CT molecular complexity index is 822. The molecular formula is C17H19ClN2O3S. The van der Waals surface area contributed by atoms with E-state index in [2.05, 4.69) is 10.0 Å². The van der Waals surface area contributed by atoms with Crippen LogP contribution in [0.25, 0.3) is 0 Å². The van der Waals surface area contributed by atoms with Crippen molar-refractivity contribution in [2.45, 2.75) is 18.2 Å². The van der Waals surface area contributed by atoms with Gasteiger partial charge >= 0.3 is 0 Å². The molecule has 0 heterocycles. The molecule has 0 saturated heterocycles. The normalized spacial score (nSPS) is 11.2. The lowest BCUT2D eigenvalue weighted by molar-refractivity contribution is -0.120. The second-order valence-corrected chi connectivity index (χ2v) is 7.51. The van der Waals surface area contributed by atoms with Gasteiger partial charge in [0.1, 0.15) is 0 Å². The summed E-state index contributed by atoms with van der Waals surface area (Å²) in [5, 5.41) is 3.05. The third kappa shape index (κ3) is 5.33. The first-order valence-corrected chi connectivity index (χ1v) is 9.31. The molecule has 5 nitrogen and oxygen atoms in total. The van der Waals surface area contributed by atoms with Crippen molar-refractivity contribution >= 4 is 27.5 Å². The molecular weight excluding hydrogens is 348 g/mol. The number of carbonyl (C=O) groups excluding carboxylic acids is 1. The molecule has 24 heavy (non-hydrogen) atoms. The van der Waals surface area contributed by atoms with Gasteiger partial charge in [0.2, 0.25) is 15.9 Å². The Morgan fingerprint density at radius 3 is 2.54 bits per heavy atom. The number of aryl methyl sites for hydroxylation is 1. The number of sulfonamides is 1. The minimum Gasteiger partial charge on any atom is -0.355 e. The van der Waals surface area contributed by atoms with Crippen LogP contribution in [0.3, 0.4) is 0 Å². The molecule has 7 heteroatoms. The fraction of sp³-hybridized carbons (Fsp3) is 0.235. The maximum atomic E-state index is 12.1. The SMILES string of the molecule is Cc1ccccc1CC(=O)NCCNS(=O)(=O)c1cccc(Cl)c1. The quantitative estimate of drug-likeness (QED) is 0.738. The van der Waals surface area contributed by atoms with Crippen molar-refractivity contribution in [2.24, 2.45) is 0 Å². The van der Waals surface area contributed by atoms with Crippen molar-refractivity contribution in [3.63, 3.8) is 0 Å². The summed E-state index contributed by atoms with van der Waals surface area (Å²) in [6.45, 7) is 2.26. The first-order valence-electron chi connectivity index (χ1n) is 7.45. The maximum Gasteiger partial charge on any atom is 0.240 e. The Morgan fingerprint density at radius 1 is 1.08 bits per heavy atom. The zero-order valence-electron chi connectivity index (χ0n) is 13.3. The van der Waals surface area contributed by atoms with Gasteiger partial charge in [0.25, 0.3) is 0 Å². The highest BCUT2D eigenvalue weighted by atomic mass is 35.5. The Labute approximate surface area is 147 Å². The second-order valence-electron chi connectivity index (χ2n) is 5.31. The number of rotatable bonds is 7. The molecule has 2 N–H and O–H groups in total. The first-order chi connectivity index (χ1) is 11.4. The van der Waals surface area contributed by atoms with E-state index in [9.17, 15) is 13.2 Å². The van der Waals surface area contributed by atoms with Crippen molar-refractivity contribution in [3.05, 3.63) is 64.7 Å². The first kappa shape index (κ1) is 18.4. The van der Waals surface area contributed by atoms with Gasteiger partial charge in [-0.25, -0.2) is 13.1 Å². The van der Waals surface area contributed by atoms with Gasteiger partial charge in [-0.15, -0.1) is 0 Å². The average Bonchev–Trinajstić information content (AvgIpc) is 2.54. The highest BCUT2D eigenvalue weighted by molar-refractivity contribution is 7.89. The Hall–Kier alpha value is -1.89. The summed E-state index contributed by atoms with van der Waals surface area (Å²) in [6, 6.07) is 13.7. The lowest BCUT2D eigenvalue weighted by Gasteiger charge is -2.09. The number of carbonyl (C=O) groups is 1. The molecule has 0 bridgehead atoms. The van der Waals surface area contributed by atoms with Crippen LogP contribution in [-0.4, -0.2) is 27.4 Å². The van der Waals surface area contributed by atoms with Crippen LogP contribution in [0.15, 0.2) is 53.4 Å². The molecule has 0 aliphatic rings. The van der Waals surface area contributed by atoms with E-state index in [0.29, 0.717) is 5.02 Å². The molecule has 0 aromatic heterocycles. The highest BCUT2D eigenvalue weighted by Crippen LogP contribution is 2.14. The molecule has 0 spiro atoms. The number of amides is 1. The van der Waals surface area contributed by atoms with Gasteiger partial charge in [-0.3, -0.25) is 4.79 Å². The molecule has 0 unspecified atom stereocenters. The highest BCUT2D eigenvalue weighted by Gasteiger charge is 2.13. The Balaban J connectivity index is 1.80. The smallest absolute Gasteiger partial charge is 0.240 e. The van der Waals surface area contributed by atoms with Gasteiger partial charge in [0.05, 0.1) is 11.3 Å². The van der Waals surface area contributed by atoms with E-state index in [-0.39, 0.29) is 30.3 Å². The van der Waals surface area contributed by atoms with Gasteiger partial charge in [0.15, 0.2) is 0 Å². The molecule has 0 radical (unpaired) electrons. The third-order valence-electron chi connectivity index (χ3n) is 3.46. The predicted molar refractivity (Wildman–Crippen MR) is 94.5 cm³/mol. The van der Waals surface area contributed by atoms with Crippen molar-refractivity contribution in [1.82, 2.24) is 10.0 Å². The zero-order chi connectivity index (χ0) is 17.6. The van der Waals surface area contributed by atoms with Crippen LogP contribution in [0.5, 0.6) is 0 Å². The summed E-state index contributed by atoms with van der Waals surface area (Å²) in [7, 11) is -3.63. The standard InChI is InChI=1S/C17H19ClN2O3S/c1-13-5-2-3-6-14(13)11-17(21)19-9-10-20-24(22,23)16-8-4-7-15(18)12-16/h2-8,12,20H,9-11H2,1H3,(H,19,21). The number of halogens is 1. The summed E-state index contributed by atoms with van der Waals surface area (Å²) in [6.07, 6.45) is 0.272. The molecule has 0 fully saturated rings. The van der Waals surface area contributed by atoms with Crippen LogP contribution in [0.4, 0.5) is 0 Å². The van der Waals surface area contributed by atoms with Crippen molar-refractivity contribution in [1.29, 1.82) is 0 Å². The minimum absolute atomic E-state index is 0.0984. The summed E-state index contributed by atoms with van der Waals surface area (Å²) < 4.78 is 26.6. The zero-order valence-corrected chi connectivity index (χ0v) is 14.8. The second kappa shape index (κ2) is 8.28. The van der Waals surface area contributed by atoms with Crippen LogP contribution in [0.2, 0.25) is 5.02 Å². The number of hydrogen-bond acceptors (Lipinski definition) is 3. The monoisotopic (exact) mass is 366 g/mol. The predicted octanol–water partition coefficient (Wildman–Crippen LogP) is 2.29. The maximum absolute atomic E-state index is 12.1. The van der Waals surface area contributed by atoms with E-state index in [1.165, 1.54) is 12.1 Å². The summed E-state index contributed by atoms with van der Waals surface area (Å²) in [4.78, 5) is 12.0. The van der Waals surface area contributed by atoms with Crippen LogP contribution in [0, 0.1) is 6.92 Å². The molecule has 2 aromatic carbocycles. The van der Waals surface area contributed by atoms with Crippen LogP contribution >= 0.6 is 11.6 Å². The third-order valence-corrected chi connectivity index (χ3v) is 5.15. The minimum atomic E-state index is -3.63. The molecule has 2 rings (SSSR count). The lowest BCUT2D eigenvalue weighted by Crippen LogP contribution is -2.35. The number of benzene rings is 2. The van der Waals surface area contributed by atoms with Crippen LogP contribution < -0.4 is 10.0 Å². The van der Waals surface area contributed by atoms with Crippen molar-refractivity contribution in [2.75, 3.05) is 13.1 Å². The van der Waals surface area contributed by atoms with Crippen molar-refractivity contribution < 1.29 is 13.2 Å². The van der Waals surface area contributed by atoms with Gasteiger partial charge < -0.3 is 5.32 Å². The van der Waals surface area contributed by atoms with Gasteiger partial charge in [-0.2, -0.15) is 0 Å². The van der Waals surface area contributed by atoms with Crippen LogP contribution in [-0.2, 0) is 21.2 Å². The topological polar surface area (TPSA) is 75.3 Å². The van der Waals surface area contributed by atoms with Gasteiger partial charge in [0, 0.05) is 18.1 Å². The van der Waals surface area contributed by atoms with E-state index >= 15 is 0 Å². The molecule has 0 atom stereocenters. The van der Waals surface area contributed by atoms with E-state index in [1.807, 2.05) is 31.2 Å². The number of nitrogens with one attached hydrogen (secondary N) is 2. The Kier molecular flexibility index (Phi) is 6.36. The van der Waals surface area contributed by atoms with Crippen molar-refractivity contribution in [3.8, 4) is 0 Å². The fourth-order valence-corrected chi connectivity index (χ4v) is 3.48. The molecule has 2 aromatic rings. The summed E-state index contributed by atoms with van der Waals surface area (Å²) in [5.74, 6) is -0.147. The van der Waals surface area contributed by atoms with Gasteiger partial charge in [-0.1, -0.05) is 41.9 Å². The molecule has 128 valence electrons. The number of hydrogen-bond donors (Lipinski definition) is 2. The summed E-state index contributed by atoms with van der Waals surface area (Å²) >= 11 is 5.79. The molecule has 0 aliphatic heterocycles. The lowest BCUT2D eigenvalue weighted by atomic mass is 10.1. The van der Waals surface area contributed by atoms with E-state index in [4.69, 9.17) is 11.6 Å². The Morgan fingerprint density at radius 2 is 1.83 bits per heavy atom. The molecule has 0 saturated carbocycles.